The van der Waals surface area contributed by atoms with Crippen molar-refractivity contribution in [2.24, 2.45) is 0 Å². The topological polar surface area (TPSA) is 121 Å². The molecule has 10 nitrogen and oxygen atoms in total. The third kappa shape index (κ3) is 4.47. The van der Waals surface area contributed by atoms with Crippen molar-refractivity contribution in [1.82, 2.24) is 10.1 Å². The Hall–Kier alpha value is -3.95. The summed E-state index contributed by atoms with van der Waals surface area (Å²) in [6, 6.07) is 11.3. The molecule has 0 saturated carbocycles. The highest BCUT2D eigenvalue weighted by atomic mass is 16.6. The Bertz CT molecular complexity index is 1090. The van der Waals surface area contributed by atoms with Crippen LogP contribution in [0.4, 0.5) is 11.4 Å². The van der Waals surface area contributed by atoms with Crippen LogP contribution in [-0.2, 0) is 11.3 Å². The summed E-state index contributed by atoms with van der Waals surface area (Å²) < 4.78 is 15.6. The number of carbonyl (C=O) groups excluding carboxylic acids is 1. The van der Waals surface area contributed by atoms with Crippen molar-refractivity contribution in [1.29, 1.82) is 0 Å². The zero-order chi connectivity index (χ0) is 21.8. The summed E-state index contributed by atoms with van der Waals surface area (Å²) in [5.74, 6) is 0.482. The Labute approximate surface area is 177 Å². The van der Waals surface area contributed by atoms with Crippen molar-refractivity contribution in [3.8, 4) is 17.1 Å². The van der Waals surface area contributed by atoms with Crippen LogP contribution in [0, 0.1) is 10.1 Å². The van der Waals surface area contributed by atoms with Gasteiger partial charge in [0.05, 0.1) is 23.3 Å². The van der Waals surface area contributed by atoms with E-state index in [9.17, 15) is 14.9 Å². The Morgan fingerprint density at radius 1 is 1.19 bits per heavy atom. The fourth-order valence-electron chi connectivity index (χ4n) is 3.41. The van der Waals surface area contributed by atoms with Gasteiger partial charge in [0.2, 0.25) is 5.82 Å². The third-order valence-corrected chi connectivity index (χ3v) is 5.00. The summed E-state index contributed by atoms with van der Waals surface area (Å²) in [4.78, 5) is 29.6. The Kier molecular flexibility index (Phi) is 5.78. The van der Waals surface area contributed by atoms with Gasteiger partial charge in [-0.2, -0.15) is 4.98 Å². The first-order valence-corrected chi connectivity index (χ1v) is 9.72. The molecular weight excluding hydrogens is 404 g/mol. The van der Waals surface area contributed by atoms with Crippen LogP contribution in [0.3, 0.4) is 0 Å². The molecule has 3 aromatic rings. The predicted octanol–water partition coefficient (Wildman–Crippen LogP) is 3.61. The smallest absolute Gasteiger partial charge is 0.341 e. The molecule has 0 aliphatic carbocycles. The van der Waals surface area contributed by atoms with Crippen LogP contribution in [0.15, 0.2) is 47.0 Å². The first-order chi connectivity index (χ1) is 15.0. The summed E-state index contributed by atoms with van der Waals surface area (Å²) >= 11 is 0. The monoisotopic (exact) mass is 424 g/mol. The van der Waals surface area contributed by atoms with Crippen LogP contribution in [0.25, 0.3) is 11.4 Å². The van der Waals surface area contributed by atoms with E-state index in [2.05, 4.69) is 10.1 Å². The van der Waals surface area contributed by atoms with Gasteiger partial charge >= 0.3 is 5.97 Å². The molecule has 2 aromatic carbocycles. The lowest BCUT2D eigenvalue weighted by Gasteiger charge is -2.20. The molecule has 0 N–H and O–H groups in total. The molecule has 0 amide bonds. The van der Waals surface area contributed by atoms with Gasteiger partial charge in [0.15, 0.2) is 6.61 Å². The molecule has 1 aromatic heterocycles. The minimum atomic E-state index is -0.685. The molecule has 1 aliphatic rings. The number of ether oxygens (including phenoxy) is 2. The number of nitro groups is 1. The summed E-state index contributed by atoms with van der Waals surface area (Å²) in [5, 5.41) is 15.1. The number of non-ortho nitro benzene ring substituents is 1. The van der Waals surface area contributed by atoms with Gasteiger partial charge in [0.25, 0.3) is 11.6 Å². The van der Waals surface area contributed by atoms with Crippen molar-refractivity contribution in [2.75, 3.05) is 25.1 Å². The molecule has 31 heavy (non-hydrogen) atoms. The molecule has 160 valence electrons. The van der Waals surface area contributed by atoms with Crippen LogP contribution in [0.2, 0.25) is 0 Å². The molecule has 0 atom stereocenters. The van der Waals surface area contributed by atoms with Gasteiger partial charge in [-0.15, -0.1) is 0 Å². The molecule has 0 radical (unpaired) electrons. The summed E-state index contributed by atoms with van der Waals surface area (Å²) in [6.07, 6.45) is 2.00. The van der Waals surface area contributed by atoms with Crippen LogP contribution >= 0.6 is 0 Å². The summed E-state index contributed by atoms with van der Waals surface area (Å²) in [5.41, 5.74) is 1.31. The van der Waals surface area contributed by atoms with Gasteiger partial charge in [-0.3, -0.25) is 10.1 Å². The van der Waals surface area contributed by atoms with Crippen LogP contribution in [-0.4, -0.2) is 41.2 Å². The van der Waals surface area contributed by atoms with E-state index < -0.39 is 10.9 Å². The average molecular weight is 424 g/mol. The first-order valence-electron chi connectivity index (χ1n) is 9.72. The SMILES string of the molecule is COc1ccc(-c2noc(COC(=O)c3cc([N+](=O)[O-])ccc3N3CCCC3)n2)cc1. The van der Waals surface area contributed by atoms with E-state index in [0.717, 1.165) is 31.5 Å². The fraction of sp³-hybridized carbons (Fsp3) is 0.286. The van der Waals surface area contributed by atoms with E-state index in [1.54, 1.807) is 37.4 Å². The molecule has 0 spiro atoms. The fourth-order valence-corrected chi connectivity index (χ4v) is 3.41. The van der Waals surface area contributed by atoms with Crippen LogP contribution < -0.4 is 9.64 Å². The molecule has 1 saturated heterocycles. The van der Waals surface area contributed by atoms with Gasteiger partial charge in [-0.05, 0) is 43.2 Å². The van der Waals surface area contributed by atoms with E-state index in [1.165, 1.54) is 12.1 Å². The van der Waals surface area contributed by atoms with Crippen molar-refractivity contribution < 1.29 is 23.7 Å². The maximum atomic E-state index is 12.7. The molecule has 0 unspecified atom stereocenters. The van der Waals surface area contributed by atoms with Gasteiger partial charge in [-0.25, -0.2) is 4.79 Å². The predicted molar refractivity (Wildman–Crippen MR) is 110 cm³/mol. The van der Waals surface area contributed by atoms with Crippen molar-refractivity contribution >= 4 is 17.3 Å². The Morgan fingerprint density at radius 2 is 1.94 bits per heavy atom. The van der Waals surface area contributed by atoms with Gasteiger partial charge in [0, 0.05) is 30.8 Å². The number of hydrogen-bond donors (Lipinski definition) is 0. The minimum absolute atomic E-state index is 0.118. The lowest BCUT2D eigenvalue weighted by Crippen LogP contribution is -2.21. The quantitative estimate of drug-likeness (QED) is 0.318. The number of hydrogen-bond acceptors (Lipinski definition) is 9. The zero-order valence-corrected chi connectivity index (χ0v) is 16.8. The third-order valence-electron chi connectivity index (χ3n) is 5.00. The summed E-state index contributed by atoms with van der Waals surface area (Å²) in [7, 11) is 1.58. The molecule has 10 heteroatoms. The average Bonchev–Trinajstić information content (AvgIpc) is 3.49. The van der Waals surface area contributed by atoms with E-state index in [1.807, 2.05) is 4.90 Å². The molecule has 4 rings (SSSR count). The second-order valence-corrected chi connectivity index (χ2v) is 6.97. The number of esters is 1. The highest BCUT2D eigenvalue weighted by Crippen LogP contribution is 2.29. The zero-order valence-electron chi connectivity index (χ0n) is 16.8. The van der Waals surface area contributed by atoms with Gasteiger partial charge in [0.1, 0.15) is 5.75 Å². The lowest BCUT2D eigenvalue weighted by molar-refractivity contribution is -0.384. The number of nitrogens with zero attached hydrogens (tertiary/aromatic N) is 4. The second kappa shape index (κ2) is 8.82. The number of nitro benzene ring substituents is 1. The minimum Gasteiger partial charge on any atom is -0.497 e. The number of benzene rings is 2. The number of carbonyl (C=O) groups is 1. The first kappa shape index (κ1) is 20.3. The van der Waals surface area contributed by atoms with Gasteiger partial charge < -0.3 is 18.9 Å². The lowest BCUT2D eigenvalue weighted by atomic mass is 10.1. The number of rotatable bonds is 7. The van der Waals surface area contributed by atoms with E-state index in [-0.39, 0.29) is 23.7 Å². The molecule has 2 heterocycles. The van der Waals surface area contributed by atoms with E-state index in [0.29, 0.717) is 17.3 Å². The van der Waals surface area contributed by atoms with Crippen molar-refractivity contribution in [3.05, 3.63) is 64.0 Å². The highest BCUT2D eigenvalue weighted by molar-refractivity contribution is 5.96. The Morgan fingerprint density at radius 3 is 2.61 bits per heavy atom. The Balaban J connectivity index is 1.49. The number of anilines is 1. The van der Waals surface area contributed by atoms with Crippen molar-refractivity contribution in [2.45, 2.75) is 19.4 Å². The molecule has 0 bridgehead atoms. The molecule has 1 aliphatic heterocycles. The van der Waals surface area contributed by atoms with Crippen molar-refractivity contribution in [3.63, 3.8) is 0 Å². The second-order valence-electron chi connectivity index (χ2n) is 6.97. The maximum Gasteiger partial charge on any atom is 0.341 e. The molecular formula is C21H20N4O6. The number of methoxy groups -OCH3 is 1. The van der Waals surface area contributed by atoms with Gasteiger partial charge in [-0.1, -0.05) is 5.16 Å². The number of aromatic nitrogens is 2. The maximum absolute atomic E-state index is 12.7. The largest absolute Gasteiger partial charge is 0.497 e. The van der Waals surface area contributed by atoms with E-state index >= 15 is 0 Å². The van der Waals surface area contributed by atoms with E-state index in [4.69, 9.17) is 14.0 Å². The standard InChI is InChI=1S/C21H20N4O6/c1-29-16-7-4-14(5-8-16)20-22-19(31-23-20)13-30-21(26)17-12-15(25(27)28)6-9-18(17)24-10-2-3-11-24/h4-9,12H,2-3,10-11,13H2,1H3. The van der Waals surface area contributed by atoms with Crippen LogP contribution in [0.5, 0.6) is 5.75 Å². The highest BCUT2D eigenvalue weighted by Gasteiger charge is 2.24. The van der Waals surface area contributed by atoms with Crippen LogP contribution in [0.1, 0.15) is 29.1 Å². The normalized spacial score (nSPS) is 13.3. The molecule has 1 fully saturated rings. The summed E-state index contributed by atoms with van der Waals surface area (Å²) in [6.45, 7) is 1.32.